The molecule has 1 aliphatic rings. The Bertz CT molecular complexity index is 967. The molecule has 0 atom stereocenters. The first-order chi connectivity index (χ1) is 12.1. The van der Waals surface area contributed by atoms with Gasteiger partial charge >= 0.3 is 6.03 Å². The Balaban J connectivity index is 1.75. The maximum absolute atomic E-state index is 13.4. The minimum absolute atomic E-state index is 0.276. The minimum Gasteiger partial charge on any atom is -0.496 e. The second-order valence-corrected chi connectivity index (χ2v) is 5.60. The molecule has 1 aromatic heterocycles. The van der Waals surface area contributed by atoms with Gasteiger partial charge in [-0.2, -0.15) is 0 Å². The summed E-state index contributed by atoms with van der Waals surface area (Å²) < 4.78 is 33.2. The van der Waals surface area contributed by atoms with E-state index in [0.29, 0.717) is 28.4 Å². The Morgan fingerprint density at radius 3 is 2.52 bits per heavy atom. The lowest BCUT2D eigenvalue weighted by molar-refractivity contribution is 0.250. The van der Waals surface area contributed by atoms with Crippen molar-refractivity contribution in [3.05, 3.63) is 66.1 Å². The number of methoxy groups -OCH3 is 1. The predicted octanol–water partition coefficient (Wildman–Crippen LogP) is 3.83. The molecule has 0 spiro atoms. The van der Waals surface area contributed by atoms with Gasteiger partial charge in [0.25, 0.3) is 0 Å². The van der Waals surface area contributed by atoms with Gasteiger partial charge in [0.2, 0.25) is 0 Å². The molecule has 7 heteroatoms. The van der Waals surface area contributed by atoms with Gasteiger partial charge < -0.3 is 4.74 Å². The van der Waals surface area contributed by atoms with Crippen LogP contribution in [0.1, 0.15) is 5.69 Å². The Kier molecular flexibility index (Phi) is 3.49. The fourth-order valence-corrected chi connectivity index (χ4v) is 2.95. The second kappa shape index (κ2) is 5.70. The van der Waals surface area contributed by atoms with Crippen LogP contribution in [-0.4, -0.2) is 22.7 Å². The zero-order valence-corrected chi connectivity index (χ0v) is 13.2. The summed E-state index contributed by atoms with van der Waals surface area (Å²) in [6.45, 7) is 0.278. The molecule has 1 amide bonds. The van der Waals surface area contributed by atoms with Crippen molar-refractivity contribution in [3.8, 4) is 17.0 Å². The highest BCUT2D eigenvalue weighted by Crippen LogP contribution is 2.35. The van der Waals surface area contributed by atoms with Gasteiger partial charge in [0.1, 0.15) is 23.7 Å². The summed E-state index contributed by atoms with van der Waals surface area (Å²) in [5.41, 5.74) is 2.41. The lowest BCUT2D eigenvalue weighted by atomic mass is 10.1. The SMILES string of the molecule is COc1cc(F)ccc1-c1ncn2c1CN(c1ccc(F)cc1)C2=O. The fourth-order valence-electron chi connectivity index (χ4n) is 2.95. The third kappa shape index (κ3) is 2.44. The standard InChI is InChI=1S/C18H13F2N3O2/c1-25-16-8-12(20)4-7-14(16)17-15-9-22(18(24)23(15)10-21-17)13-5-2-11(19)3-6-13/h2-8,10H,9H2,1H3. The first-order valence-electron chi connectivity index (χ1n) is 7.56. The van der Waals surface area contributed by atoms with E-state index in [2.05, 4.69) is 4.98 Å². The van der Waals surface area contributed by atoms with Crippen LogP contribution in [0.2, 0.25) is 0 Å². The van der Waals surface area contributed by atoms with Crippen molar-refractivity contribution in [3.63, 3.8) is 0 Å². The summed E-state index contributed by atoms with van der Waals surface area (Å²) >= 11 is 0. The molecule has 0 radical (unpaired) electrons. The molecular formula is C18H13F2N3O2. The van der Waals surface area contributed by atoms with E-state index in [4.69, 9.17) is 4.74 Å². The number of imidazole rings is 1. The van der Waals surface area contributed by atoms with E-state index in [1.165, 1.54) is 47.2 Å². The number of halogens is 2. The van der Waals surface area contributed by atoms with E-state index in [-0.39, 0.29) is 18.4 Å². The van der Waals surface area contributed by atoms with E-state index in [1.807, 2.05) is 0 Å². The lowest BCUT2D eigenvalue weighted by Gasteiger charge is -2.15. The molecule has 0 N–H and O–H groups in total. The Morgan fingerprint density at radius 1 is 1.08 bits per heavy atom. The highest BCUT2D eigenvalue weighted by Gasteiger charge is 2.32. The van der Waals surface area contributed by atoms with Gasteiger partial charge in [-0.15, -0.1) is 0 Å². The largest absolute Gasteiger partial charge is 0.496 e. The second-order valence-electron chi connectivity index (χ2n) is 5.60. The maximum atomic E-state index is 13.4. The average Bonchev–Trinajstić information content (AvgIpc) is 3.16. The molecule has 0 unspecified atom stereocenters. The normalized spacial score (nSPS) is 13.2. The van der Waals surface area contributed by atoms with Gasteiger partial charge in [-0.1, -0.05) is 0 Å². The van der Waals surface area contributed by atoms with Crippen LogP contribution in [0, 0.1) is 11.6 Å². The number of hydrogen-bond acceptors (Lipinski definition) is 3. The number of carbonyl (C=O) groups excluding carboxylic acids is 1. The van der Waals surface area contributed by atoms with Crippen LogP contribution in [0.3, 0.4) is 0 Å². The van der Waals surface area contributed by atoms with Crippen LogP contribution in [0.15, 0.2) is 48.8 Å². The third-order valence-electron chi connectivity index (χ3n) is 4.17. The van der Waals surface area contributed by atoms with Gasteiger partial charge in [0, 0.05) is 17.3 Å². The van der Waals surface area contributed by atoms with E-state index in [1.54, 1.807) is 18.2 Å². The van der Waals surface area contributed by atoms with Gasteiger partial charge in [-0.05, 0) is 36.4 Å². The molecule has 25 heavy (non-hydrogen) atoms. The van der Waals surface area contributed by atoms with Crippen molar-refractivity contribution in [1.29, 1.82) is 0 Å². The summed E-state index contributed by atoms with van der Waals surface area (Å²) in [5.74, 6) is -0.442. The number of nitrogens with zero attached hydrogens (tertiary/aromatic N) is 3. The zero-order chi connectivity index (χ0) is 17.6. The summed E-state index contributed by atoms with van der Waals surface area (Å²) in [5, 5.41) is 0. The number of aromatic nitrogens is 2. The quantitative estimate of drug-likeness (QED) is 0.727. The third-order valence-corrected chi connectivity index (χ3v) is 4.17. The molecule has 5 nitrogen and oxygen atoms in total. The van der Waals surface area contributed by atoms with Crippen molar-refractivity contribution >= 4 is 11.7 Å². The topological polar surface area (TPSA) is 47.4 Å². The van der Waals surface area contributed by atoms with Crippen LogP contribution < -0.4 is 9.64 Å². The van der Waals surface area contributed by atoms with Gasteiger partial charge in [-0.25, -0.2) is 18.6 Å². The fraction of sp³-hybridized carbons (Fsp3) is 0.111. The summed E-state index contributed by atoms with van der Waals surface area (Å²) in [4.78, 5) is 18.4. The van der Waals surface area contributed by atoms with Crippen LogP contribution >= 0.6 is 0 Å². The van der Waals surface area contributed by atoms with Gasteiger partial charge in [0.15, 0.2) is 0 Å². The molecule has 3 aromatic rings. The molecule has 0 fully saturated rings. The molecular weight excluding hydrogens is 328 g/mol. The lowest BCUT2D eigenvalue weighted by Crippen LogP contribution is -2.25. The highest BCUT2D eigenvalue weighted by molar-refractivity contribution is 5.97. The van der Waals surface area contributed by atoms with Gasteiger partial charge in [0.05, 0.1) is 25.0 Å². The molecule has 4 rings (SSSR count). The summed E-state index contributed by atoms with van der Waals surface area (Å²) in [7, 11) is 1.45. The van der Waals surface area contributed by atoms with E-state index in [0.717, 1.165) is 0 Å². The highest BCUT2D eigenvalue weighted by atomic mass is 19.1. The summed E-state index contributed by atoms with van der Waals surface area (Å²) in [6, 6.07) is 9.59. The number of benzene rings is 2. The number of carbonyl (C=O) groups is 1. The number of anilines is 1. The smallest absolute Gasteiger partial charge is 0.334 e. The molecule has 2 heterocycles. The first-order valence-corrected chi connectivity index (χ1v) is 7.56. The molecule has 126 valence electrons. The van der Waals surface area contributed by atoms with E-state index >= 15 is 0 Å². The maximum Gasteiger partial charge on any atom is 0.334 e. The minimum atomic E-state index is -0.416. The number of hydrogen-bond donors (Lipinski definition) is 0. The van der Waals surface area contributed by atoms with Crippen molar-refractivity contribution in [2.75, 3.05) is 12.0 Å². The van der Waals surface area contributed by atoms with Crippen LogP contribution in [0.5, 0.6) is 5.75 Å². The molecule has 0 saturated heterocycles. The van der Waals surface area contributed by atoms with Crippen molar-refractivity contribution in [2.45, 2.75) is 6.54 Å². The molecule has 0 aliphatic carbocycles. The molecule has 0 bridgehead atoms. The molecule has 2 aromatic carbocycles. The Hall–Kier alpha value is -3.22. The van der Waals surface area contributed by atoms with Crippen LogP contribution in [0.25, 0.3) is 11.3 Å². The van der Waals surface area contributed by atoms with E-state index < -0.39 is 5.82 Å². The van der Waals surface area contributed by atoms with Crippen molar-refractivity contribution in [1.82, 2.24) is 9.55 Å². The molecule has 0 saturated carbocycles. The summed E-state index contributed by atoms with van der Waals surface area (Å²) in [6.07, 6.45) is 1.43. The monoisotopic (exact) mass is 341 g/mol. The van der Waals surface area contributed by atoms with E-state index in [9.17, 15) is 13.6 Å². The number of ether oxygens (including phenoxy) is 1. The Morgan fingerprint density at radius 2 is 1.80 bits per heavy atom. The number of amides is 1. The molecule has 1 aliphatic heterocycles. The first kappa shape index (κ1) is 15.3. The zero-order valence-electron chi connectivity index (χ0n) is 13.2. The average molecular weight is 341 g/mol. The number of fused-ring (bicyclic) bond motifs is 1. The predicted molar refractivity (Wildman–Crippen MR) is 87.6 cm³/mol. The van der Waals surface area contributed by atoms with Crippen LogP contribution in [0.4, 0.5) is 19.3 Å². The van der Waals surface area contributed by atoms with Gasteiger partial charge in [-0.3, -0.25) is 9.47 Å². The van der Waals surface area contributed by atoms with Crippen molar-refractivity contribution < 1.29 is 18.3 Å². The van der Waals surface area contributed by atoms with Crippen molar-refractivity contribution in [2.24, 2.45) is 0 Å². The Labute approximate surface area is 142 Å². The number of rotatable bonds is 3. The van der Waals surface area contributed by atoms with Crippen LogP contribution in [-0.2, 0) is 6.54 Å².